The van der Waals surface area contributed by atoms with Crippen molar-refractivity contribution in [3.63, 3.8) is 0 Å². The van der Waals surface area contributed by atoms with E-state index in [9.17, 15) is 22.7 Å². The van der Waals surface area contributed by atoms with E-state index >= 15 is 8.78 Å². The van der Waals surface area contributed by atoms with E-state index in [0.717, 1.165) is 28.6 Å². The molecule has 3 heterocycles. The zero-order chi connectivity index (χ0) is 27.9. The number of aliphatic hydroxyl groups excluding tert-OH is 1. The summed E-state index contributed by atoms with van der Waals surface area (Å²) in [5, 5.41) is 10.4. The number of aliphatic hydroxyl groups is 1. The average molecular weight is 556 g/mol. The zero-order valence-corrected chi connectivity index (χ0v) is 21.4. The van der Waals surface area contributed by atoms with E-state index in [2.05, 4.69) is 4.98 Å². The maximum Gasteiger partial charge on any atom is 0.395 e. The molecule has 0 amide bonds. The van der Waals surface area contributed by atoms with Crippen molar-refractivity contribution >= 4 is 10.9 Å². The largest absolute Gasteiger partial charge is 0.492 e. The molecule has 0 unspecified atom stereocenters. The van der Waals surface area contributed by atoms with Gasteiger partial charge in [-0.05, 0) is 25.0 Å². The molecule has 0 spiro atoms. The lowest BCUT2D eigenvalue weighted by atomic mass is 9.87. The fraction of sp³-hybridized carbons (Fsp3) is 0.500. The number of hydrogen-bond acceptors (Lipinski definition) is 4. The number of halogens is 6. The van der Waals surface area contributed by atoms with Crippen LogP contribution in [0.3, 0.4) is 0 Å². The van der Waals surface area contributed by atoms with Gasteiger partial charge < -0.3 is 14.8 Å². The van der Waals surface area contributed by atoms with Crippen LogP contribution in [0.1, 0.15) is 29.8 Å². The van der Waals surface area contributed by atoms with Crippen LogP contribution in [0.15, 0.2) is 36.4 Å². The molecule has 5 rings (SSSR count). The van der Waals surface area contributed by atoms with Crippen LogP contribution in [-0.4, -0.2) is 78.2 Å². The highest BCUT2D eigenvalue weighted by molar-refractivity contribution is 5.85. The topological polar surface area (TPSA) is 51.7 Å². The second kappa shape index (κ2) is 11.0. The van der Waals surface area contributed by atoms with E-state index in [4.69, 9.17) is 4.74 Å². The number of benzene rings is 2. The van der Waals surface area contributed by atoms with Gasteiger partial charge in [0.25, 0.3) is 0 Å². The molecule has 2 aliphatic rings. The van der Waals surface area contributed by atoms with Crippen molar-refractivity contribution < 1.29 is 36.2 Å². The number of nitrogens with one attached hydrogen (secondary N) is 1. The molecule has 212 valence electrons. The normalized spacial score (nSPS) is 21.6. The smallest absolute Gasteiger partial charge is 0.395 e. The number of aromatic amines is 1. The first kappa shape index (κ1) is 27.8. The third kappa shape index (κ3) is 5.49. The van der Waals surface area contributed by atoms with E-state index in [1.165, 1.54) is 4.90 Å². The Morgan fingerprint density at radius 2 is 1.82 bits per heavy atom. The van der Waals surface area contributed by atoms with E-state index in [1.807, 2.05) is 23.1 Å². The fourth-order valence-corrected chi connectivity index (χ4v) is 5.78. The SMILES string of the molecule is C[C@@H]1Cc2c([nH]c3ccccc23)[C@@H](c2c(F)cc(OCCN3CC(CF)C3)cc2F)N1C[C@H](CO)C(F)(F)F. The highest BCUT2D eigenvalue weighted by Gasteiger charge is 2.45. The number of hydrogen-bond donors (Lipinski definition) is 2. The standard InChI is InChI=1S/C28H31F6N3O2/c1-16-8-21-20-4-2-3-5-24(20)35-26(21)27(37(16)14-18(15-38)28(32,33)34)25-22(30)9-19(10-23(25)31)39-7-6-36-12-17(11-29)13-36/h2-5,9-10,16-18,27,35,38H,6-8,11-15H2,1H3/t16-,18-,27-/m1/s1. The van der Waals surface area contributed by atoms with Gasteiger partial charge in [0, 0.05) is 72.4 Å². The molecule has 1 aromatic heterocycles. The monoisotopic (exact) mass is 555 g/mol. The Bertz CT molecular complexity index is 1280. The minimum atomic E-state index is -4.69. The lowest BCUT2D eigenvalue weighted by Gasteiger charge is -2.42. The van der Waals surface area contributed by atoms with Crippen molar-refractivity contribution in [2.24, 2.45) is 11.8 Å². The third-order valence-electron chi connectivity index (χ3n) is 7.89. The van der Waals surface area contributed by atoms with Crippen molar-refractivity contribution in [2.45, 2.75) is 31.6 Å². The van der Waals surface area contributed by atoms with Gasteiger partial charge in [-0.15, -0.1) is 0 Å². The van der Waals surface area contributed by atoms with Crippen LogP contribution < -0.4 is 4.74 Å². The van der Waals surface area contributed by atoms with E-state index in [0.29, 0.717) is 31.7 Å². The highest BCUT2D eigenvalue weighted by atomic mass is 19.4. The molecular weight excluding hydrogens is 524 g/mol. The van der Waals surface area contributed by atoms with Crippen LogP contribution in [-0.2, 0) is 6.42 Å². The number of ether oxygens (including phenoxy) is 1. The first-order valence-electron chi connectivity index (χ1n) is 13.0. The average Bonchev–Trinajstić information content (AvgIpc) is 3.21. The van der Waals surface area contributed by atoms with Gasteiger partial charge in [0.2, 0.25) is 0 Å². The van der Waals surface area contributed by atoms with Crippen molar-refractivity contribution in [3.8, 4) is 5.75 Å². The van der Waals surface area contributed by atoms with E-state index in [-0.39, 0.29) is 30.5 Å². The van der Waals surface area contributed by atoms with Crippen LogP contribution in [0.25, 0.3) is 10.9 Å². The Labute approximate surface area is 222 Å². The molecule has 2 aliphatic heterocycles. The number of aromatic nitrogens is 1. The number of para-hydroxylation sites is 1. The summed E-state index contributed by atoms with van der Waals surface area (Å²) in [6.45, 7) is 1.42. The molecular formula is C28H31F6N3O2. The van der Waals surface area contributed by atoms with Gasteiger partial charge in [-0.2, -0.15) is 13.2 Å². The van der Waals surface area contributed by atoms with Crippen LogP contribution in [0.2, 0.25) is 0 Å². The molecule has 1 fully saturated rings. The Balaban J connectivity index is 1.48. The molecule has 11 heteroatoms. The number of fused-ring (bicyclic) bond motifs is 3. The Morgan fingerprint density at radius 3 is 2.46 bits per heavy atom. The molecule has 0 aliphatic carbocycles. The van der Waals surface area contributed by atoms with Crippen LogP contribution >= 0.6 is 0 Å². The van der Waals surface area contributed by atoms with Crippen molar-refractivity contribution in [1.82, 2.24) is 14.8 Å². The van der Waals surface area contributed by atoms with Gasteiger partial charge in [-0.3, -0.25) is 14.2 Å². The molecule has 5 nitrogen and oxygen atoms in total. The molecule has 2 N–H and O–H groups in total. The van der Waals surface area contributed by atoms with Crippen molar-refractivity contribution in [2.75, 3.05) is 46.1 Å². The molecule has 0 radical (unpaired) electrons. The van der Waals surface area contributed by atoms with Gasteiger partial charge in [0.15, 0.2) is 0 Å². The van der Waals surface area contributed by atoms with Gasteiger partial charge in [-0.25, -0.2) is 8.78 Å². The second-order valence-corrected chi connectivity index (χ2v) is 10.6. The molecule has 0 saturated carbocycles. The summed E-state index contributed by atoms with van der Waals surface area (Å²) in [4.78, 5) is 6.59. The first-order valence-corrected chi connectivity index (χ1v) is 13.0. The minimum Gasteiger partial charge on any atom is -0.492 e. The summed E-state index contributed by atoms with van der Waals surface area (Å²) in [5.41, 5.74) is 1.57. The molecule has 2 aromatic carbocycles. The predicted molar refractivity (Wildman–Crippen MR) is 134 cm³/mol. The van der Waals surface area contributed by atoms with Crippen LogP contribution in [0.4, 0.5) is 26.3 Å². The Hall–Kier alpha value is -2.76. The number of H-pyrrole nitrogens is 1. The number of alkyl halides is 4. The summed E-state index contributed by atoms with van der Waals surface area (Å²) in [6.07, 6.45) is -4.31. The van der Waals surface area contributed by atoms with Gasteiger partial charge in [-0.1, -0.05) is 18.2 Å². The molecule has 39 heavy (non-hydrogen) atoms. The van der Waals surface area contributed by atoms with Crippen molar-refractivity contribution in [3.05, 3.63) is 64.9 Å². The maximum atomic E-state index is 15.7. The Kier molecular flexibility index (Phi) is 7.85. The van der Waals surface area contributed by atoms with E-state index in [1.54, 1.807) is 13.0 Å². The van der Waals surface area contributed by atoms with Gasteiger partial charge >= 0.3 is 6.18 Å². The predicted octanol–water partition coefficient (Wildman–Crippen LogP) is 5.23. The van der Waals surface area contributed by atoms with Crippen LogP contribution in [0, 0.1) is 23.5 Å². The molecule has 3 aromatic rings. The summed E-state index contributed by atoms with van der Waals surface area (Å²) in [7, 11) is 0. The second-order valence-electron chi connectivity index (χ2n) is 10.6. The highest BCUT2D eigenvalue weighted by Crippen LogP contribution is 2.44. The van der Waals surface area contributed by atoms with Crippen molar-refractivity contribution in [1.29, 1.82) is 0 Å². The number of rotatable bonds is 9. The first-order chi connectivity index (χ1) is 18.6. The van der Waals surface area contributed by atoms with Crippen LogP contribution in [0.5, 0.6) is 5.75 Å². The van der Waals surface area contributed by atoms with E-state index < -0.39 is 49.0 Å². The zero-order valence-electron chi connectivity index (χ0n) is 21.4. The lowest BCUT2D eigenvalue weighted by molar-refractivity contribution is -0.191. The fourth-order valence-electron chi connectivity index (χ4n) is 5.78. The minimum absolute atomic E-state index is 0.0114. The summed E-state index contributed by atoms with van der Waals surface area (Å²) in [5.74, 6) is -3.98. The quantitative estimate of drug-likeness (QED) is 0.355. The summed E-state index contributed by atoms with van der Waals surface area (Å²) >= 11 is 0. The molecule has 1 saturated heterocycles. The lowest BCUT2D eigenvalue weighted by Crippen LogP contribution is -2.49. The molecule has 0 bridgehead atoms. The third-order valence-corrected chi connectivity index (χ3v) is 7.89. The molecule has 3 atom stereocenters. The number of nitrogens with zero attached hydrogens (tertiary/aromatic N) is 2. The summed E-state index contributed by atoms with van der Waals surface area (Å²) in [6, 6.07) is 7.73. The van der Waals surface area contributed by atoms with Gasteiger partial charge in [0.1, 0.15) is 24.0 Å². The summed E-state index contributed by atoms with van der Waals surface area (Å²) < 4.78 is 90.5. The Morgan fingerprint density at radius 1 is 1.13 bits per heavy atom. The number of likely N-dealkylation sites (tertiary alicyclic amines) is 1. The maximum absolute atomic E-state index is 15.7. The van der Waals surface area contributed by atoms with Gasteiger partial charge in [0.05, 0.1) is 25.2 Å².